The summed E-state index contributed by atoms with van der Waals surface area (Å²) in [6.07, 6.45) is 7.14. The molecule has 0 radical (unpaired) electrons. The number of H-pyrrole nitrogens is 1. The molecule has 0 aliphatic rings. The molecule has 0 spiro atoms. The molecule has 0 aliphatic heterocycles. The molecule has 1 amide bonds. The maximum atomic E-state index is 12.6. The molecule has 0 aliphatic carbocycles. The topological polar surface area (TPSA) is 113 Å². The molecule has 3 rings (SSSR count). The molecule has 0 saturated heterocycles. The molecule has 31 heavy (non-hydrogen) atoms. The lowest BCUT2D eigenvalue weighted by Gasteiger charge is -2.22. The van der Waals surface area contributed by atoms with E-state index in [-0.39, 0.29) is 18.7 Å². The van der Waals surface area contributed by atoms with Crippen LogP contribution in [0.25, 0.3) is 0 Å². The zero-order valence-corrected chi connectivity index (χ0v) is 17.4. The first kappa shape index (κ1) is 22.1. The first-order valence-corrected chi connectivity index (χ1v) is 10.0. The summed E-state index contributed by atoms with van der Waals surface area (Å²) in [6.45, 7) is 1.65. The molecule has 0 aromatic carbocycles. The monoisotopic (exact) mass is 422 g/mol. The average Bonchev–Trinajstić information content (AvgIpc) is 3.31. The van der Waals surface area contributed by atoms with Crippen LogP contribution in [0.2, 0.25) is 0 Å². The second-order valence-electron chi connectivity index (χ2n) is 7.03. The summed E-state index contributed by atoms with van der Waals surface area (Å²) in [6, 6.07) is 10.7. The number of carbonyl (C=O) groups excluding carboxylic acids is 2. The number of methoxy groups -OCH3 is 1. The van der Waals surface area contributed by atoms with Crippen molar-refractivity contribution in [3.05, 3.63) is 78.4 Å². The highest BCUT2D eigenvalue weighted by Crippen LogP contribution is 2.08. The van der Waals surface area contributed by atoms with Gasteiger partial charge >= 0.3 is 5.97 Å². The number of amides is 1. The number of rotatable bonds is 11. The van der Waals surface area contributed by atoms with E-state index in [0.29, 0.717) is 19.6 Å². The molecule has 162 valence electrons. The van der Waals surface area contributed by atoms with Crippen molar-refractivity contribution < 1.29 is 14.3 Å². The Hall–Kier alpha value is -3.59. The minimum absolute atomic E-state index is 0.218. The lowest BCUT2D eigenvalue weighted by atomic mass is 10.1. The number of aromatic nitrogens is 4. The molecule has 0 fully saturated rings. The van der Waals surface area contributed by atoms with E-state index in [0.717, 1.165) is 17.1 Å². The van der Waals surface area contributed by atoms with Crippen LogP contribution in [0.3, 0.4) is 0 Å². The van der Waals surface area contributed by atoms with Gasteiger partial charge in [0, 0.05) is 56.8 Å². The Kier molecular flexibility index (Phi) is 8.24. The summed E-state index contributed by atoms with van der Waals surface area (Å²) in [4.78, 5) is 42.4. The Morgan fingerprint density at radius 2 is 1.77 bits per heavy atom. The number of nitrogens with zero attached hydrogens (tertiary/aromatic N) is 4. The summed E-state index contributed by atoms with van der Waals surface area (Å²) in [7, 11) is 1.30. The summed E-state index contributed by atoms with van der Waals surface area (Å²) < 4.78 is 4.83. The van der Waals surface area contributed by atoms with Gasteiger partial charge in [-0.2, -0.15) is 0 Å². The maximum Gasteiger partial charge on any atom is 0.328 e. The van der Waals surface area contributed by atoms with Crippen molar-refractivity contribution in [2.75, 3.05) is 13.7 Å². The number of imidazole rings is 1. The number of esters is 1. The van der Waals surface area contributed by atoms with Gasteiger partial charge in [0.15, 0.2) is 0 Å². The molecule has 9 heteroatoms. The average molecular weight is 422 g/mol. The molecule has 0 bridgehead atoms. The third-order valence-electron chi connectivity index (χ3n) is 4.68. The van der Waals surface area contributed by atoms with Crippen LogP contribution in [-0.2, 0) is 33.8 Å². The van der Waals surface area contributed by atoms with E-state index < -0.39 is 12.0 Å². The van der Waals surface area contributed by atoms with Gasteiger partial charge in [-0.15, -0.1) is 0 Å². The highest BCUT2D eigenvalue weighted by molar-refractivity contribution is 5.84. The van der Waals surface area contributed by atoms with Crippen molar-refractivity contribution in [2.24, 2.45) is 0 Å². The smallest absolute Gasteiger partial charge is 0.328 e. The lowest BCUT2D eigenvalue weighted by molar-refractivity contribution is -0.145. The first-order valence-electron chi connectivity index (χ1n) is 10.0. The summed E-state index contributed by atoms with van der Waals surface area (Å²) in [5.41, 5.74) is 2.55. The number of pyridine rings is 2. The van der Waals surface area contributed by atoms with Gasteiger partial charge in [0.1, 0.15) is 6.04 Å². The van der Waals surface area contributed by atoms with Crippen LogP contribution < -0.4 is 5.32 Å². The van der Waals surface area contributed by atoms with E-state index >= 15 is 0 Å². The SMILES string of the molecule is COC(=O)[C@H](Cc1cnc[nH]1)NC(=O)CCN(Cc1ccccn1)Cc1ccccn1. The first-order chi connectivity index (χ1) is 15.1. The van der Waals surface area contributed by atoms with Crippen molar-refractivity contribution in [2.45, 2.75) is 32.0 Å². The largest absolute Gasteiger partial charge is 0.467 e. The minimum Gasteiger partial charge on any atom is -0.467 e. The van der Waals surface area contributed by atoms with Crippen LogP contribution in [0.1, 0.15) is 23.5 Å². The van der Waals surface area contributed by atoms with Gasteiger partial charge in [-0.3, -0.25) is 19.7 Å². The molecule has 3 aromatic rings. The molecular formula is C22H26N6O3. The summed E-state index contributed by atoms with van der Waals surface area (Å²) >= 11 is 0. The second-order valence-corrected chi connectivity index (χ2v) is 7.03. The number of carbonyl (C=O) groups is 2. The Balaban J connectivity index is 1.60. The highest BCUT2D eigenvalue weighted by Gasteiger charge is 2.23. The molecule has 1 atom stereocenters. The molecule has 0 saturated carbocycles. The Morgan fingerprint density at radius 3 is 2.29 bits per heavy atom. The Bertz CT molecular complexity index is 893. The van der Waals surface area contributed by atoms with Crippen LogP contribution in [0.5, 0.6) is 0 Å². The molecule has 9 nitrogen and oxygen atoms in total. The van der Waals surface area contributed by atoms with E-state index in [9.17, 15) is 9.59 Å². The number of hydrogen-bond acceptors (Lipinski definition) is 7. The van der Waals surface area contributed by atoms with Crippen LogP contribution in [0, 0.1) is 0 Å². The Morgan fingerprint density at radius 1 is 1.10 bits per heavy atom. The lowest BCUT2D eigenvalue weighted by Crippen LogP contribution is -2.44. The standard InChI is InChI=1S/C22H26N6O3/c1-31-22(30)20(12-19-13-23-16-26-19)27-21(29)8-11-28(14-17-6-2-4-9-24-17)15-18-7-3-5-10-25-18/h2-7,9-10,13,16,20H,8,11-12,14-15H2,1H3,(H,23,26)(H,27,29)/t20-/m0/s1. The number of aromatic amines is 1. The minimum atomic E-state index is -0.780. The van der Waals surface area contributed by atoms with E-state index in [1.165, 1.54) is 13.4 Å². The van der Waals surface area contributed by atoms with Crippen LogP contribution >= 0.6 is 0 Å². The number of hydrogen-bond donors (Lipinski definition) is 2. The van der Waals surface area contributed by atoms with Crippen molar-refractivity contribution >= 4 is 11.9 Å². The normalized spacial score (nSPS) is 11.8. The van der Waals surface area contributed by atoms with Crippen LogP contribution in [0.4, 0.5) is 0 Å². The van der Waals surface area contributed by atoms with Crippen LogP contribution in [0.15, 0.2) is 61.3 Å². The van der Waals surface area contributed by atoms with Gasteiger partial charge in [-0.1, -0.05) is 12.1 Å². The van der Waals surface area contributed by atoms with Crippen molar-refractivity contribution in [1.29, 1.82) is 0 Å². The zero-order valence-electron chi connectivity index (χ0n) is 17.4. The van der Waals surface area contributed by atoms with Crippen LogP contribution in [-0.4, -0.2) is 56.4 Å². The molecule has 3 aromatic heterocycles. The quantitative estimate of drug-likeness (QED) is 0.450. The fraction of sp³-hybridized carbons (Fsp3) is 0.318. The predicted octanol–water partition coefficient (Wildman–Crippen LogP) is 1.49. The highest BCUT2D eigenvalue weighted by atomic mass is 16.5. The van der Waals surface area contributed by atoms with Crippen molar-refractivity contribution in [3.8, 4) is 0 Å². The van der Waals surface area contributed by atoms with E-state index in [4.69, 9.17) is 4.74 Å². The van der Waals surface area contributed by atoms with Gasteiger partial charge in [0.05, 0.1) is 24.8 Å². The molecule has 2 N–H and O–H groups in total. The Labute approximate surface area is 180 Å². The van der Waals surface area contributed by atoms with Gasteiger partial charge in [0.25, 0.3) is 0 Å². The molecule has 3 heterocycles. The van der Waals surface area contributed by atoms with Gasteiger partial charge in [0.2, 0.25) is 5.91 Å². The van der Waals surface area contributed by atoms with Gasteiger partial charge < -0.3 is 15.0 Å². The van der Waals surface area contributed by atoms with Gasteiger partial charge in [-0.25, -0.2) is 9.78 Å². The summed E-state index contributed by atoms with van der Waals surface area (Å²) in [5, 5.41) is 2.77. The molecule has 0 unspecified atom stereocenters. The van der Waals surface area contributed by atoms with E-state index in [1.807, 2.05) is 36.4 Å². The third kappa shape index (κ3) is 7.31. The van der Waals surface area contributed by atoms with E-state index in [2.05, 4.69) is 30.2 Å². The zero-order chi connectivity index (χ0) is 21.9. The second kappa shape index (κ2) is 11.6. The van der Waals surface area contributed by atoms with Crippen molar-refractivity contribution in [1.82, 2.24) is 30.2 Å². The van der Waals surface area contributed by atoms with Gasteiger partial charge in [-0.05, 0) is 24.3 Å². The third-order valence-corrected chi connectivity index (χ3v) is 4.68. The van der Waals surface area contributed by atoms with E-state index in [1.54, 1.807) is 18.6 Å². The fourth-order valence-corrected chi connectivity index (χ4v) is 3.13. The predicted molar refractivity (Wildman–Crippen MR) is 113 cm³/mol. The maximum absolute atomic E-state index is 12.6. The number of ether oxygens (including phenoxy) is 1. The fourth-order valence-electron chi connectivity index (χ4n) is 3.13. The van der Waals surface area contributed by atoms with Crippen molar-refractivity contribution in [3.63, 3.8) is 0 Å². The summed E-state index contributed by atoms with van der Waals surface area (Å²) in [5.74, 6) is -0.733. The number of nitrogens with one attached hydrogen (secondary N) is 2. The molecular weight excluding hydrogens is 396 g/mol.